The molecular formula is C20H31NO2. The van der Waals surface area contributed by atoms with Crippen LogP contribution >= 0.6 is 0 Å². The molecule has 2 atom stereocenters. The lowest BCUT2D eigenvalue weighted by atomic mass is 9.90. The summed E-state index contributed by atoms with van der Waals surface area (Å²) in [5, 5.41) is 0. The first-order valence-corrected chi connectivity index (χ1v) is 8.85. The van der Waals surface area contributed by atoms with Crippen LogP contribution < -0.4 is 0 Å². The van der Waals surface area contributed by atoms with Gasteiger partial charge in [-0.1, -0.05) is 43.7 Å². The van der Waals surface area contributed by atoms with Gasteiger partial charge in [0.2, 0.25) is 0 Å². The van der Waals surface area contributed by atoms with Crippen molar-refractivity contribution >= 4 is 5.97 Å². The number of ether oxygens (including phenoxy) is 1. The van der Waals surface area contributed by atoms with Gasteiger partial charge in [-0.2, -0.15) is 0 Å². The number of benzene rings is 1. The van der Waals surface area contributed by atoms with E-state index >= 15 is 0 Å². The molecule has 0 spiro atoms. The Kier molecular flexibility index (Phi) is 6.23. The van der Waals surface area contributed by atoms with Crippen molar-refractivity contribution in [1.29, 1.82) is 0 Å². The Labute approximate surface area is 141 Å². The molecule has 1 aliphatic heterocycles. The van der Waals surface area contributed by atoms with Crippen LogP contribution in [0.1, 0.15) is 52.5 Å². The minimum absolute atomic E-state index is 0.0612. The van der Waals surface area contributed by atoms with E-state index in [1.807, 2.05) is 20.8 Å². The summed E-state index contributed by atoms with van der Waals surface area (Å²) in [7, 11) is 0. The van der Waals surface area contributed by atoms with E-state index in [1.165, 1.54) is 12.0 Å². The first-order valence-electron chi connectivity index (χ1n) is 8.85. The summed E-state index contributed by atoms with van der Waals surface area (Å²) in [6.07, 6.45) is 2.67. The standard InChI is InChI=1S/C20H31NO2/c1-5-17-14-21(13-16-9-7-6-8-10-16)15-18(17)11-12-19(22)23-20(2,3)4/h6-10,17-18H,5,11-15H2,1-4H3. The SMILES string of the molecule is CCC1CN(Cc2ccccc2)CC1CCC(=O)OC(C)(C)C. The van der Waals surface area contributed by atoms with E-state index < -0.39 is 0 Å². The molecule has 0 amide bonds. The number of carbonyl (C=O) groups is 1. The minimum atomic E-state index is -0.379. The fraction of sp³-hybridized carbons (Fsp3) is 0.650. The Hall–Kier alpha value is -1.35. The van der Waals surface area contributed by atoms with Crippen LogP contribution in [0.25, 0.3) is 0 Å². The molecule has 3 heteroatoms. The van der Waals surface area contributed by atoms with E-state index in [-0.39, 0.29) is 11.6 Å². The van der Waals surface area contributed by atoms with Crippen LogP contribution in [0.2, 0.25) is 0 Å². The molecule has 0 radical (unpaired) electrons. The number of rotatable bonds is 6. The molecule has 0 N–H and O–H groups in total. The van der Waals surface area contributed by atoms with E-state index in [2.05, 4.69) is 42.2 Å². The second kappa shape index (κ2) is 7.96. The highest BCUT2D eigenvalue weighted by Gasteiger charge is 2.31. The van der Waals surface area contributed by atoms with Crippen LogP contribution in [0.4, 0.5) is 0 Å². The van der Waals surface area contributed by atoms with Crippen LogP contribution in [-0.4, -0.2) is 29.6 Å². The molecule has 2 rings (SSSR count). The second-order valence-corrected chi connectivity index (χ2v) is 7.73. The van der Waals surface area contributed by atoms with E-state index in [0.717, 1.165) is 26.1 Å². The molecule has 0 aromatic heterocycles. The summed E-state index contributed by atoms with van der Waals surface area (Å²) in [6.45, 7) is 11.3. The Morgan fingerprint density at radius 2 is 1.83 bits per heavy atom. The highest BCUT2D eigenvalue weighted by Crippen LogP contribution is 2.31. The number of hydrogen-bond donors (Lipinski definition) is 0. The van der Waals surface area contributed by atoms with Crippen LogP contribution in [0, 0.1) is 11.8 Å². The van der Waals surface area contributed by atoms with Crippen molar-refractivity contribution in [1.82, 2.24) is 4.90 Å². The lowest BCUT2D eigenvalue weighted by Crippen LogP contribution is -2.24. The molecule has 1 fully saturated rings. The van der Waals surface area contributed by atoms with E-state index in [4.69, 9.17) is 4.74 Å². The predicted octanol–water partition coefficient (Wildman–Crippen LogP) is 4.27. The molecule has 2 unspecified atom stereocenters. The number of carbonyl (C=O) groups excluding carboxylic acids is 1. The Morgan fingerprint density at radius 3 is 2.43 bits per heavy atom. The summed E-state index contributed by atoms with van der Waals surface area (Å²) in [5.41, 5.74) is 0.992. The average molecular weight is 317 g/mol. The van der Waals surface area contributed by atoms with Crippen LogP contribution in [0.15, 0.2) is 30.3 Å². The van der Waals surface area contributed by atoms with Crippen molar-refractivity contribution in [3.05, 3.63) is 35.9 Å². The van der Waals surface area contributed by atoms with Gasteiger partial charge in [-0.15, -0.1) is 0 Å². The summed E-state index contributed by atoms with van der Waals surface area (Å²) in [4.78, 5) is 14.5. The Balaban J connectivity index is 1.83. The fourth-order valence-electron chi connectivity index (χ4n) is 3.49. The predicted molar refractivity (Wildman–Crippen MR) is 94.1 cm³/mol. The maximum Gasteiger partial charge on any atom is 0.306 e. The van der Waals surface area contributed by atoms with Gasteiger partial charge < -0.3 is 4.74 Å². The lowest BCUT2D eigenvalue weighted by molar-refractivity contribution is -0.155. The van der Waals surface area contributed by atoms with Gasteiger partial charge in [0.15, 0.2) is 0 Å². The molecule has 128 valence electrons. The number of esters is 1. The highest BCUT2D eigenvalue weighted by atomic mass is 16.6. The molecule has 23 heavy (non-hydrogen) atoms. The van der Waals surface area contributed by atoms with Gasteiger partial charge in [0.25, 0.3) is 0 Å². The maximum atomic E-state index is 11.9. The van der Waals surface area contributed by atoms with Gasteiger partial charge in [0.1, 0.15) is 5.60 Å². The van der Waals surface area contributed by atoms with Crippen molar-refractivity contribution in [3.8, 4) is 0 Å². The van der Waals surface area contributed by atoms with Crippen LogP contribution in [0.5, 0.6) is 0 Å². The van der Waals surface area contributed by atoms with Crippen LogP contribution in [0.3, 0.4) is 0 Å². The molecule has 0 aliphatic carbocycles. The van der Waals surface area contributed by atoms with Crippen molar-refractivity contribution in [2.75, 3.05) is 13.1 Å². The molecule has 3 nitrogen and oxygen atoms in total. The first-order chi connectivity index (χ1) is 10.9. The summed E-state index contributed by atoms with van der Waals surface area (Å²) in [5.74, 6) is 1.24. The van der Waals surface area contributed by atoms with Gasteiger partial charge >= 0.3 is 5.97 Å². The summed E-state index contributed by atoms with van der Waals surface area (Å²) in [6, 6.07) is 10.6. The van der Waals surface area contributed by atoms with Gasteiger partial charge in [0.05, 0.1) is 0 Å². The minimum Gasteiger partial charge on any atom is -0.460 e. The van der Waals surface area contributed by atoms with Crippen molar-refractivity contribution < 1.29 is 9.53 Å². The van der Waals surface area contributed by atoms with E-state index in [1.54, 1.807) is 0 Å². The smallest absolute Gasteiger partial charge is 0.306 e. The molecule has 1 aromatic carbocycles. The monoisotopic (exact) mass is 317 g/mol. The summed E-state index contributed by atoms with van der Waals surface area (Å²) < 4.78 is 5.44. The maximum absolute atomic E-state index is 11.9. The zero-order valence-corrected chi connectivity index (χ0v) is 15.0. The van der Waals surface area contributed by atoms with Gasteiger partial charge in [-0.25, -0.2) is 0 Å². The molecule has 0 bridgehead atoms. The zero-order valence-electron chi connectivity index (χ0n) is 15.0. The normalized spacial score (nSPS) is 22.3. The number of hydrogen-bond acceptors (Lipinski definition) is 3. The largest absolute Gasteiger partial charge is 0.460 e. The van der Waals surface area contributed by atoms with Gasteiger partial charge in [-0.05, 0) is 44.6 Å². The van der Waals surface area contributed by atoms with E-state index in [9.17, 15) is 4.79 Å². The first kappa shape index (κ1) is 18.0. The molecule has 1 aliphatic rings. The second-order valence-electron chi connectivity index (χ2n) is 7.73. The third-order valence-electron chi connectivity index (χ3n) is 4.56. The Morgan fingerprint density at radius 1 is 1.17 bits per heavy atom. The van der Waals surface area contributed by atoms with E-state index in [0.29, 0.717) is 18.3 Å². The number of nitrogens with zero attached hydrogens (tertiary/aromatic N) is 1. The van der Waals surface area contributed by atoms with Crippen molar-refractivity contribution in [2.45, 2.75) is 59.1 Å². The molecule has 1 saturated heterocycles. The number of likely N-dealkylation sites (tertiary alicyclic amines) is 1. The molecule has 1 aromatic rings. The summed E-state index contributed by atoms with van der Waals surface area (Å²) >= 11 is 0. The average Bonchev–Trinajstić information content (AvgIpc) is 2.86. The highest BCUT2D eigenvalue weighted by molar-refractivity contribution is 5.69. The van der Waals surface area contributed by atoms with Gasteiger partial charge in [0, 0.05) is 26.1 Å². The molecule has 1 heterocycles. The molecular weight excluding hydrogens is 286 g/mol. The van der Waals surface area contributed by atoms with Gasteiger partial charge in [-0.3, -0.25) is 9.69 Å². The fourth-order valence-corrected chi connectivity index (χ4v) is 3.49. The lowest BCUT2D eigenvalue weighted by Gasteiger charge is -2.21. The third-order valence-corrected chi connectivity index (χ3v) is 4.56. The van der Waals surface area contributed by atoms with Crippen molar-refractivity contribution in [3.63, 3.8) is 0 Å². The van der Waals surface area contributed by atoms with Crippen molar-refractivity contribution in [2.24, 2.45) is 11.8 Å². The van der Waals surface area contributed by atoms with Crippen LogP contribution in [-0.2, 0) is 16.1 Å². The Bertz CT molecular complexity index is 492. The quantitative estimate of drug-likeness (QED) is 0.734. The molecule has 0 saturated carbocycles. The topological polar surface area (TPSA) is 29.5 Å². The zero-order chi connectivity index (χ0) is 16.9. The third kappa shape index (κ3) is 5.98.